The lowest BCUT2D eigenvalue weighted by Gasteiger charge is -2.23. The molecule has 0 atom stereocenters. The van der Waals surface area contributed by atoms with Crippen LogP contribution in [0.1, 0.15) is 20.8 Å². The Morgan fingerprint density at radius 3 is 2.62 bits per heavy atom. The van der Waals surface area contributed by atoms with Crippen LogP contribution in [0.3, 0.4) is 0 Å². The van der Waals surface area contributed by atoms with Crippen LogP contribution in [-0.2, 0) is 5.54 Å². The molecule has 0 aliphatic carbocycles. The Labute approximate surface area is 101 Å². The van der Waals surface area contributed by atoms with Gasteiger partial charge in [0.05, 0.1) is 5.39 Å². The van der Waals surface area contributed by atoms with E-state index in [0.29, 0.717) is 11.0 Å². The second-order valence-corrected chi connectivity index (χ2v) is 5.53. The molecule has 84 valence electrons. The third-order valence-corrected chi connectivity index (χ3v) is 2.74. The molecule has 0 aliphatic heterocycles. The van der Waals surface area contributed by atoms with Crippen molar-refractivity contribution in [3.05, 3.63) is 33.4 Å². The molecule has 0 saturated heterocycles. The maximum Gasteiger partial charge on any atom is 0.282 e. The third kappa shape index (κ3) is 1.87. The Morgan fingerprint density at radius 1 is 1.31 bits per heavy atom. The molecular formula is C11H12BrN3O. The van der Waals surface area contributed by atoms with Crippen LogP contribution in [0.5, 0.6) is 0 Å². The number of nitrogens with zero attached hydrogens (tertiary/aromatic N) is 3. The van der Waals surface area contributed by atoms with Crippen molar-refractivity contribution in [3.8, 4) is 0 Å². The van der Waals surface area contributed by atoms with Gasteiger partial charge in [-0.15, -0.1) is 0 Å². The number of halogens is 1. The second kappa shape index (κ2) is 3.66. The van der Waals surface area contributed by atoms with Gasteiger partial charge in [0, 0.05) is 16.2 Å². The van der Waals surface area contributed by atoms with E-state index in [0.717, 1.165) is 4.47 Å². The van der Waals surface area contributed by atoms with Gasteiger partial charge in [0.1, 0.15) is 12.0 Å². The topological polar surface area (TPSA) is 47.8 Å². The second-order valence-electron chi connectivity index (χ2n) is 4.62. The number of fused-ring (bicyclic) bond motifs is 1. The van der Waals surface area contributed by atoms with E-state index >= 15 is 0 Å². The van der Waals surface area contributed by atoms with Crippen molar-refractivity contribution in [3.63, 3.8) is 0 Å². The Balaban J connectivity index is 2.90. The van der Waals surface area contributed by atoms with Crippen molar-refractivity contribution < 1.29 is 0 Å². The highest BCUT2D eigenvalue weighted by Gasteiger charge is 2.16. The van der Waals surface area contributed by atoms with Crippen molar-refractivity contribution in [2.45, 2.75) is 26.3 Å². The van der Waals surface area contributed by atoms with E-state index < -0.39 is 0 Å². The van der Waals surface area contributed by atoms with Crippen molar-refractivity contribution in [2.24, 2.45) is 0 Å². The van der Waals surface area contributed by atoms with Gasteiger partial charge < -0.3 is 4.57 Å². The van der Waals surface area contributed by atoms with Crippen LogP contribution in [0.2, 0.25) is 0 Å². The zero-order valence-electron chi connectivity index (χ0n) is 9.36. The minimum atomic E-state index is -0.246. The fraction of sp³-hybridized carbons (Fsp3) is 0.364. The van der Waals surface area contributed by atoms with Gasteiger partial charge in [0.15, 0.2) is 0 Å². The highest BCUT2D eigenvalue weighted by atomic mass is 79.9. The van der Waals surface area contributed by atoms with E-state index in [4.69, 9.17) is 0 Å². The van der Waals surface area contributed by atoms with Gasteiger partial charge >= 0.3 is 0 Å². The Bertz CT molecular complexity index is 598. The lowest BCUT2D eigenvalue weighted by Crippen LogP contribution is -2.26. The maximum atomic E-state index is 11.6. The molecule has 4 nitrogen and oxygen atoms in total. The molecule has 16 heavy (non-hydrogen) atoms. The van der Waals surface area contributed by atoms with Gasteiger partial charge in [-0.1, -0.05) is 0 Å². The normalized spacial score (nSPS) is 12.0. The van der Waals surface area contributed by atoms with Gasteiger partial charge in [-0.3, -0.25) is 4.79 Å². The first-order valence-electron chi connectivity index (χ1n) is 4.93. The molecule has 0 aromatic carbocycles. The van der Waals surface area contributed by atoms with Crippen LogP contribution < -0.4 is 5.56 Å². The van der Waals surface area contributed by atoms with Gasteiger partial charge in [-0.25, -0.2) is 4.98 Å². The van der Waals surface area contributed by atoms with Gasteiger partial charge in [-0.05, 0) is 42.8 Å². The van der Waals surface area contributed by atoms with Crippen LogP contribution >= 0.6 is 15.9 Å². The molecule has 2 rings (SSSR count). The monoisotopic (exact) mass is 281 g/mol. The van der Waals surface area contributed by atoms with Crippen LogP contribution in [0.15, 0.2) is 27.9 Å². The van der Waals surface area contributed by atoms with E-state index in [1.807, 2.05) is 25.3 Å². The first kappa shape index (κ1) is 11.3. The van der Waals surface area contributed by atoms with E-state index in [-0.39, 0.29) is 11.1 Å². The summed E-state index contributed by atoms with van der Waals surface area (Å²) in [4.78, 5) is 19.8. The van der Waals surface area contributed by atoms with Crippen LogP contribution in [0.4, 0.5) is 0 Å². The summed E-state index contributed by atoms with van der Waals surface area (Å²) >= 11 is 3.30. The Morgan fingerprint density at radius 2 is 2.00 bits per heavy atom. The average molecular weight is 282 g/mol. The first-order chi connectivity index (χ1) is 7.39. The number of hydrogen-bond donors (Lipinski definition) is 0. The lowest BCUT2D eigenvalue weighted by molar-refractivity contribution is 0.401. The minimum Gasteiger partial charge on any atom is -0.311 e. The van der Waals surface area contributed by atoms with E-state index in [1.165, 1.54) is 0 Å². The molecule has 0 saturated carbocycles. The molecule has 2 aromatic rings. The quantitative estimate of drug-likeness (QED) is 0.745. The zero-order chi connectivity index (χ0) is 11.9. The lowest BCUT2D eigenvalue weighted by atomic mass is 10.1. The van der Waals surface area contributed by atoms with Crippen molar-refractivity contribution in [1.29, 1.82) is 0 Å². The first-order valence-corrected chi connectivity index (χ1v) is 5.72. The summed E-state index contributed by atoms with van der Waals surface area (Å²) in [6, 6.07) is 1.75. The molecule has 0 N–H and O–H groups in total. The molecule has 0 bridgehead atoms. The van der Waals surface area contributed by atoms with Crippen molar-refractivity contribution in [2.75, 3.05) is 0 Å². The minimum absolute atomic E-state index is 0.153. The Hall–Kier alpha value is -1.23. The molecule has 2 heterocycles. The van der Waals surface area contributed by atoms with Crippen LogP contribution in [-0.4, -0.2) is 14.5 Å². The SMILES string of the molecule is CC(C)(C)n1cnc(=O)c2cc(Br)cnc21. The molecular weight excluding hydrogens is 270 g/mol. The molecule has 5 heteroatoms. The predicted octanol–water partition coefficient (Wildman–Crippen LogP) is 2.31. The summed E-state index contributed by atoms with van der Waals surface area (Å²) in [6.07, 6.45) is 3.23. The maximum absolute atomic E-state index is 11.6. The smallest absolute Gasteiger partial charge is 0.282 e. The zero-order valence-corrected chi connectivity index (χ0v) is 10.9. The van der Waals surface area contributed by atoms with E-state index in [1.54, 1.807) is 18.6 Å². The van der Waals surface area contributed by atoms with Gasteiger partial charge in [0.2, 0.25) is 0 Å². The molecule has 0 amide bonds. The third-order valence-electron chi connectivity index (χ3n) is 2.31. The molecule has 0 unspecified atom stereocenters. The number of aromatic nitrogens is 3. The summed E-state index contributed by atoms with van der Waals surface area (Å²) in [5, 5.41) is 0.534. The number of hydrogen-bond acceptors (Lipinski definition) is 3. The van der Waals surface area contributed by atoms with E-state index in [9.17, 15) is 4.79 Å². The molecule has 0 spiro atoms. The summed E-state index contributed by atoms with van der Waals surface area (Å²) < 4.78 is 2.68. The summed E-state index contributed by atoms with van der Waals surface area (Å²) in [6.45, 7) is 6.13. The van der Waals surface area contributed by atoms with Crippen LogP contribution in [0.25, 0.3) is 11.0 Å². The summed E-state index contributed by atoms with van der Waals surface area (Å²) in [7, 11) is 0. The van der Waals surface area contributed by atoms with Crippen LogP contribution in [0, 0.1) is 0 Å². The Kier molecular flexibility index (Phi) is 2.58. The number of pyridine rings is 1. The van der Waals surface area contributed by atoms with Crippen molar-refractivity contribution >= 4 is 27.0 Å². The fourth-order valence-corrected chi connectivity index (χ4v) is 1.84. The molecule has 2 aromatic heterocycles. The molecule has 0 fully saturated rings. The molecule has 0 radical (unpaired) electrons. The fourth-order valence-electron chi connectivity index (χ4n) is 1.51. The molecule has 0 aliphatic rings. The standard InChI is InChI=1S/C11H12BrN3O/c1-11(2,3)15-6-14-10(16)8-4-7(12)5-13-9(8)15/h4-6H,1-3H3. The highest BCUT2D eigenvalue weighted by Crippen LogP contribution is 2.19. The summed E-state index contributed by atoms with van der Waals surface area (Å²) in [5.74, 6) is 0. The number of rotatable bonds is 0. The van der Waals surface area contributed by atoms with Crippen molar-refractivity contribution in [1.82, 2.24) is 14.5 Å². The highest BCUT2D eigenvalue weighted by molar-refractivity contribution is 9.10. The summed E-state index contributed by atoms with van der Waals surface area (Å²) in [5.41, 5.74) is 0.264. The predicted molar refractivity (Wildman–Crippen MR) is 66.5 cm³/mol. The van der Waals surface area contributed by atoms with Gasteiger partial charge in [-0.2, -0.15) is 4.98 Å². The largest absolute Gasteiger partial charge is 0.311 e. The average Bonchev–Trinajstić information content (AvgIpc) is 2.17. The van der Waals surface area contributed by atoms with Gasteiger partial charge in [0.25, 0.3) is 5.56 Å². The van der Waals surface area contributed by atoms with E-state index in [2.05, 4.69) is 25.9 Å².